The quantitative estimate of drug-likeness (QED) is 0.127. The highest BCUT2D eigenvalue weighted by molar-refractivity contribution is 5.82. The van der Waals surface area contributed by atoms with Gasteiger partial charge in [0.25, 0.3) is 5.91 Å². The Kier molecular flexibility index (Phi) is 12.9. The molecule has 3 N–H and O–H groups in total. The van der Waals surface area contributed by atoms with E-state index < -0.39 is 65.9 Å². The molecular weight excluding hydrogens is 574 g/mol. The zero-order valence-corrected chi connectivity index (χ0v) is 26.8. The van der Waals surface area contributed by atoms with Crippen LogP contribution in [0.25, 0.3) is 0 Å². The highest BCUT2D eigenvalue weighted by atomic mass is 16.7. The van der Waals surface area contributed by atoms with Crippen LogP contribution in [0.15, 0.2) is 48.6 Å². The van der Waals surface area contributed by atoms with E-state index in [9.17, 15) is 19.8 Å². The molecular formula is C32H49NO11. The van der Waals surface area contributed by atoms with E-state index >= 15 is 0 Å². The number of aliphatic hydroxyl groups excluding tert-OH is 2. The predicted molar refractivity (Wildman–Crippen MR) is 160 cm³/mol. The molecule has 1 amide bonds. The Morgan fingerprint density at radius 3 is 2.48 bits per heavy atom. The number of rotatable bonds is 12. The van der Waals surface area contributed by atoms with Gasteiger partial charge in [0.05, 0.1) is 31.5 Å². The molecule has 3 rings (SSSR count). The van der Waals surface area contributed by atoms with Crippen molar-refractivity contribution in [3.8, 4) is 0 Å². The molecule has 10 atom stereocenters. The molecule has 0 bridgehead atoms. The molecule has 3 aliphatic heterocycles. The van der Waals surface area contributed by atoms with E-state index in [2.05, 4.69) is 16.6 Å². The van der Waals surface area contributed by atoms with Gasteiger partial charge in [-0.05, 0) is 13.3 Å². The number of carbonyl (C=O) groups is 2. The topological polar surface area (TPSA) is 151 Å². The van der Waals surface area contributed by atoms with Gasteiger partial charge in [-0.15, -0.1) is 0 Å². The fraction of sp³-hybridized carbons (Fsp3) is 0.688. The van der Waals surface area contributed by atoms with Gasteiger partial charge in [-0.25, -0.2) is 4.79 Å². The van der Waals surface area contributed by atoms with Crippen LogP contribution in [0.4, 0.5) is 0 Å². The van der Waals surface area contributed by atoms with Gasteiger partial charge in [0.1, 0.15) is 19.0 Å². The lowest BCUT2D eigenvalue weighted by Gasteiger charge is -2.54. The fourth-order valence-corrected chi connectivity index (χ4v) is 5.91. The molecule has 0 aliphatic carbocycles. The van der Waals surface area contributed by atoms with Gasteiger partial charge >= 0.3 is 5.97 Å². The second-order valence-electron chi connectivity index (χ2n) is 12.1. The molecule has 0 saturated carbocycles. The number of amides is 1. The van der Waals surface area contributed by atoms with Crippen LogP contribution in [-0.4, -0.2) is 105 Å². The number of ether oxygens (including phenoxy) is 7. The summed E-state index contributed by atoms with van der Waals surface area (Å²) in [6.07, 6.45) is 4.63. The molecule has 0 spiro atoms. The van der Waals surface area contributed by atoms with Crippen LogP contribution in [0.1, 0.15) is 47.0 Å². The lowest BCUT2D eigenvalue weighted by Crippen LogP contribution is -2.69. The molecule has 44 heavy (non-hydrogen) atoms. The zero-order valence-electron chi connectivity index (χ0n) is 26.8. The Bertz CT molecular complexity index is 1090. The van der Waals surface area contributed by atoms with Crippen molar-refractivity contribution in [3.63, 3.8) is 0 Å². The maximum Gasteiger partial charge on any atom is 0.330 e. The van der Waals surface area contributed by atoms with Crippen molar-refractivity contribution in [2.75, 3.05) is 28.1 Å². The van der Waals surface area contributed by atoms with Gasteiger partial charge in [-0.3, -0.25) is 4.79 Å². The average Bonchev–Trinajstić information content (AvgIpc) is 2.99. The van der Waals surface area contributed by atoms with Gasteiger partial charge < -0.3 is 48.7 Å². The van der Waals surface area contributed by atoms with Crippen molar-refractivity contribution in [2.24, 2.45) is 11.3 Å². The minimum atomic E-state index is -1.69. The van der Waals surface area contributed by atoms with Gasteiger partial charge in [-0.1, -0.05) is 63.3 Å². The van der Waals surface area contributed by atoms with Crippen LogP contribution in [0.5, 0.6) is 0 Å². The second-order valence-corrected chi connectivity index (χ2v) is 12.1. The van der Waals surface area contributed by atoms with Gasteiger partial charge in [-0.2, -0.15) is 0 Å². The maximum atomic E-state index is 13.4. The normalized spacial score (nSPS) is 35.5. The molecule has 0 aromatic carbocycles. The average molecular weight is 624 g/mol. The van der Waals surface area contributed by atoms with Gasteiger partial charge in [0, 0.05) is 44.5 Å². The summed E-state index contributed by atoms with van der Waals surface area (Å²) in [4.78, 5) is 24.5. The van der Waals surface area contributed by atoms with Crippen LogP contribution in [0.2, 0.25) is 0 Å². The number of carbonyl (C=O) groups excluding carboxylic acids is 2. The third-order valence-corrected chi connectivity index (χ3v) is 8.84. The van der Waals surface area contributed by atoms with Crippen LogP contribution in [-0.2, 0) is 42.7 Å². The van der Waals surface area contributed by atoms with Crippen molar-refractivity contribution in [1.82, 2.24) is 5.32 Å². The molecule has 3 aliphatic rings. The summed E-state index contributed by atoms with van der Waals surface area (Å²) in [6.45, 7) is 11.7. The Morgan fingerprint density at radius 1 is 1.11 bits per heavy atom. The minimum absolute atomic E-state index is 0.0341. The van der Waals surface area contributed by atoms with E-state index in [1.165, 1.54) is 20.3 Å². The Morgan fingerprint density at radius 2 is 1.84 bits per heavy atom. The lowest BCUT2D eigenvalue weighted by molar-refractivity contribution is -0.332. The van der Waals surface area contributed by atoms with E-state index in [0.717, 1.165) is 5.57 Å². The largest absolute Gasteiger partial charge is 0.466 e. The van der Waals surface area contributed by atoms with E-state index in [4.69, 9.17) is 28.4 Å². The number of nitrogens with one attached hydrogen (secondary N) is 1. The summed E-state index contributed by atoms with van der Waals surface area (Å²) in [7, 11) is 4.27. The fourth-order valence-electron chi connectivity index (χ4n) is 5.91. The summed E-state index contributed by atoms with van der Waals surface area (Å²) in [5.74, 6) is -2.77. The molecule has 0 radical (unpaired) electrons. The second kappa shape index (κ2) is 15.7. The molecule has 12 heteroatoms. The van der Waals surface area contributed by atoms with E-state index in [-0.39, 0.29) is 31.7 Å². The monoisotopic (exact) mass is 623 g/mol. The zero-order chi connectivity index (χ0) is 32.7. The van der Waals surface area contributed by atoms with Gasteiger partial charge in [0.15, 0.2) is 12.3 Å². The molecule has 0 aromatic heterocycles. The molecule has 3 heterocycles. The van der Waals surface area contributed by atoms with Crippen molar-refractivity contribution >= 4 is 11.9 Å². The van der Waals surface area contributed by atoms with E-state index in [0.29, 0.717) is 6.42 Å². The van der Waals surface area contributed by atoms with Crippen molar-refractivity contribution < 1.29 is 53.0 Å². The van der Waals surface area contributed by atoms with E-state index in [1.54, 1.807) is 25.3 Å². The Balaban J connectivity index is 1.70. The number of fused-ring (bicyclic) bond motifs is 1. The first-order chi connectivity index (χ1) is 20.8. The molecule has 0 unspecified atom stereocenters. The number of hydrogen-bond donors (Lipinski definition) is 3. The number of hydrogen-bond acceptors (Lipinski definition) is 11. The van der Waals surface area contributed by atoms with Gasteiger partial charge in [0.2, 0.25) is 5.79 Å². The lowest BCUT2D eigenvalue weighted by atomic mass is 9.72. The number of allylic oxidation sites excluding steroid dienone is 4. The number of methoxy groups -OCH3 is 3. The summed E-state index contributed by atoms with van der Waals surface area (Å²) in [5.41, 5.74) is 0.223. The molecule has 0 aromatic rings. The molecule has 248 valence electrons. The highest BCUT2D eigenvalue weighted by Gasteiger charge is 2.57. The minimum Gasteiger partial charge on any atom is -0.466 e. The third-order valence-electron chi connectivity index (χ3n) is 8.84. The first-order valence-electron chi connectivity index (χ1n) is 14.9. The SMILES string of the molecule is C=C1C[C@](OC)([C@H](O)C(=O)N[C@@H]2OCO[C@H]3[C@@H]2O[C@H](C[C@H](O)/C=C/C/C=C/C=C/C(=O)OC)C(C)(C)[C@@H]3OC)O[C@H](C)[C@@H]1C. The van der Waals surface area contributed by atoms with Crippen LogP contribution < -0.4 is 5.32 Å². The molecule has 3 fully saturated rings. The van der Waals surface area contributed by atoms with Crippen LogP contribution >= 0.6 is 0 Å². The predicted octanol–water partition coefficient (Wildman–Crippen LogP) is 2.30. The maximum absolute atomic E-state index is 13.4. The van der Waals surface area contributed by atoms with Crippen LogP contribution in [0.3, 0.4) is 0 Å². The highest BCUT2D eigenvalue weighted by Crippen LogP contribution is 2.44. The first kappa shape index (κ1) is 36.1. The smallest absolute Gasteiger partial charge is 0.330 e. The van der Waals surface area contributed by atoms with E-state index in [1.807, 2.05) is 39.8 Å². The number of aliphatic hydroxyl groups is 2. The standard InChI is InChI=1S/C32H49NO11/c1-19-17-32(40-8,44-21(3)20(19)2)27(36)29(37)33-30-26-25(41-18-42-30)28(39-7)31(4,5)23(43-26)16-22(34)14-12-10-9-11-13-15-24(35)38-6/h9,11-15,20-23,25-28,30,34,36H,1,10,16-18H2,2-8H3,(H,33,37)/b11-9+,14-12+,15-13+/t20-,21-,22-,23-,25+,26+,27-,28-,30-,32-/m1/s1. The first-order valence-corrected chi connectivity index (χ1v) is 14.9. The summed E-state index contributed by atoms with van der Waals surface area (Å²) < 4.78 is 40.2. The number of esters is 1. The third kappa shape index (κ3) is 8.24. The molecule has 3 saturated heterocycles. The Labute approximate surface area is 260 Å². The van der Waals surface area contributed by atoms with Crippen molar-refractivity contribution in [3.05, 3.63) is 48.6 Å². The molecule has 12 nitrogen and oxygen atoms in total. The summed E-state index contributed by atoms with van der Waals surface area (Å²) in [5, 5.41) is 24.7. The summed E-state index contributed by atoms with van der Waals surface area (Å²) in [6, 6.07) is 0. The summed E-state index contributed by atoms with van der Waals surface area (Å²) >= 11 is 0. The van der Waals surface area contributed by atoms with Crippen molar-refractivity contribution in [2.45, 2.75) is 102 Å². The van der Waals surface area contributed by atoms with Crippen LogP contribution in [0, 0.1) is 11.3 Å². The Hall–Kier alpha value is -2.42. The van der Waals surface area contributed by atoms with Crippen molar-refractivity contribution in [1.29, 1.82) is 0 Å².